The van der Waals surface area contributed by atoms with Gasteiger partial charge in [0.1, 0.15) is 5.76 Å². The maximum absolute atomic E-state index is 12.7. The van der Waals surface area contributed by atoms with Crippen LogP contribution in [0.4, 0.5) is 0 Å². The normalized spacial score (nSPS) is 20.6. The van der Waals surface area contributed by atoms with Crippen molar-refractivity contribution >= 4 is 11.8 Å². The first kappa shape index (κ1) is 19.9. The van der Waals surface area contributed by atoms with Crippen LogP contribution in [0.3, 0.4) is 0 Å². The molecule has 150 valence electrons. The Morgan fingerprint density at radius 2 is 1.85 bits per heavy atom. The van der Waals surface area contributed by atoms with Crippen molar-refractivity contribution in [2.24, 2.45) is 11.8 Å². The molecule has 0 saturated carbocycles. The first-order chi connectivity index (χ1) is 13.1. The van der Waals surface area contributed by atoms with Gasteiger partial charge in [0.2, 0.25) is 11.8 Å². The van der Waals surface area contributed by atoms with E-state index in [-0.39, 0.29) is 29.7 Å². The number of rotatable bonds is 6. The van der Waals surface area contributed by atoms with Crippen molar-refractivity contribution in [3.8, 4) is 0 Å². The van der Waals surface area contributed by atoms with Gasteiger partial charge < -0.3 is 14.6 Å². The largest absolute Gasteiger partial charge is 0.468 e. The van der Waals surface area contributed by atoms with Gasteiger partial charge in [0.25, 0.3) is 0 Å². The van der Waals surface area contributed by atoms with Gasteiger partial charge in [-0.2, -0.15) is 0 Å². The molecule has 3 heterocycles. The zero-order chi connectivity index (χ0) is 19.2. The molecule has 1 unspecified atom stereocenters. The summed E-state index contributed by atoms with van der Waals surface area (Å²) < 4.78 is 5.65. The highest BCUT2D eigenvalue weighted by molar-refractivity contribution is 5.80. The summed E-state index contributed by atoms with van der Waals surface area (Å²) in [5, 5.41) is 3.16. The van der Waals surface area contributed by atoms with E-state index in [0.29, 0.717) is 19.6 Å². The van der Waals surface area contributed by atoms with Gasteiger partial charge in [0.05, 0.1) is 12.3 Å². The Bertz CT molecular complexity index is 600. The van der Waals surface area contributed by atoms with Crippen molar-refractivity contribution in [2.75, 3.05) is 32.7 Å². The van der Waals surface area contributed by atoms with Crippen LogP contribution in [0.25, 0.3) is 0 Å². The third kappa shape index (κ3) is 5.12. The first-order valence-electron chi connectivity index (χ1n) is 10.4. The fourth-order valence-electron chi connectivity index (χ4n) is 4.19. The molecule has 2 amide bonds. The average molecular weight is 376 g/mol. The smallest absolute Gasteiger partial charge is 0.225 e. The Morgan fingerprint density at radius 1 is 1.15 bits per heavy atom. The van der Waals surface area contributed by atoms with Gasteiger partial charge in [0.15, 0.2) is 0 Å². The lowest BCUT2D eigenvalue weighted by atomic mass is 9.95. The van der Waals surface area contributed by atoms with Crippen LogP contribution < -0.4 is 5.32 Å². The van der Waals surface area contributed by atoms with E-state index in [1.54, 1.807) is 6.26 Å². The first-order valence-corrected chi connectivity index (χ1v) is 10.4. The molecule has 0 aliphatic carbocycles. The van der Waals surface area contributed by atoms with Crippen molar-refractivity contribution < 1.29 is 14.0 Å². The average Bonchev–Trinajstić information content (AvgIpc) is 3.23. The summed E-state index contributed by atoms with van der Waals surface area (Å²) in [4.78, 5) is 29.1. The van der Waals surface area contributed by atoms with Crippen molar-refractivity contribution in [3.63, 3.8) is 0 Å². The van der Waals surface area contributed by atoms with Crippen LogP contribution in [-0.4, -0.2) is 54.3 Å². The van der Waals surface area contributed by atoms with Gasteiger partial charge in [-0.1, -0.05) is 20.3 Å². The molecular weight excluding hydrogens is 342 g/mol. The van der Waals surface area contributed by atoms with Crippen LogP contribution in [0.2, 0.25) is 0 Å². The second-order valence-corrected chi connectivity index (χ2v) is 8.13. The van der Waals surface area contributed by atoms with Gasteiger partial charge in [-0.25, -0.2) is 0 Å². The summed E-state index contributed by atoms with van der Waals surface area (Å²) in [5.41, 5.74) is 0. The Hall–Kier alpha value is -1.82. The molecule has 0 bridgehead atoms. The second-order valence-electron chi connectivity index (χ2n) is 8.13. The molecule has 3 rings (SSSR count). The number of hydrogen-bond acceptors (Lipinski definition) is 4. The minimum Gasteiger partial charge on any atom is -0.468 e. The van der Waals surface area contributed by atoms with E-state index in [9.17, 15) is 9.59 Å². The van der Waals surface area contributed by atoms with Gasteiger partial charge >= 0.3 is 0 Å². The Morgan fingerprint density at radius 3 is 2.44 bits per heavy atom. The molecule has 2 aliphatic heterocycles. The molecule has 0 aromatic carbocycles. The van der Waals surface area contributed by atoms with Crippen molar-refractivity contribution in [1.82, 2.24) is 15.1 Å². The molecule has 2 aliphatic rings. The summed E-state index contributed by atoms with van der Waals surface area (Å²) in [6.45, 7) is 7.91. The summed E-state index contributed by atoms with van der Waals surface area (Å²) >= 11 is 0. The highest BCUT2D eigenvalue weighted by atomic mass is 16.3. The molecule has 1 aromatic rings. The van der Waals surface area contributed by atoms with Gasteiger partial charge in [-0.05, 0) is 50.9 Å². The molecule has 2 fully saturated rings. The molecule has 27 heavy (non-hydrogen) atoms. The summed E-state index contributed by atoms with van der Waals surface area (Å²) in [5.74, 6) is 1.25. The third-order valence-electron chi connectivity index (χ3n) is 5.84. The van der Waals surface area contributed by atoms with Gasteiger partial charge in [-0.15, -0.1) is 0 Å². The quantitative estimate of drug-likeness (QED) is 0.830. The minimum atomic E-state index is -0.000167. The fraction of sp³-hybridized carbons (Fsp3) is 0.714. The number of hydrogen-bond donors (Lipinski definition) is 1. The summed E-state index contributed by atoms with van der Waals surface area (Å²) in [7, 11) is 0. The van der Waals surface area contributed by atoms with Crippen molar-refractivity contribution in [1.29, 1.82) is 0 Å². The molecule has 0 spiro atoms. The highest BCUT2D eigenvalue weighted by Crippen LogP contribution is 2.25. The van der Waals surface area contributed by atoms with E-state index in [4.69, 9.17) is 4.42 Å². The topological polar surface area (TPSA) is 65.8 Å². The Balaban J connectivity index is 1.51. The number of likely N-dealkylation sites (tertiary alicyclic amines) is 2. The van der Waals surface area contributed by atoms with Gasteiger partial charge in [-0.3, -0.25) is 14.5 Å². The molecule has 2 saturated heterocycles. The molecule has 1 N–H and O–H groups in total. The van der Waals surface area contributed by atoms with E-state index in [1.807, 2.05) is 30.9 Å². The van der Waals surface area contributed by atoms with Crippen LogP contribution in [0.5, 0.6) is 0 Å². The molecule has 1 aromatic heterocycles. The number of carbonyl (C=O) groups is 2. The molecule has 6 heteroatoms. The maximum atomic E-state index is 12.7. The van der Waals surface area contributed by atoms with Crippen molar-refractivity contribution in [3.05, 3.63) is 24.2 Å². The number of amides is 2. The zero-order valence-corrected chi connectivity index (χ0v) is 16.7. The Kier molecular flexibility index (Phi) is 6.94. The number of carbonyl (C=O) groups excluding carboxylic acids is 2. The summed E-state index contributed by atoms with van der Waals surface area (Å²) in [6, 6.07) is 4.02. The van der Waals surface area contributed by atoms with E-state index in [1.165, 1.54) is 19.3 Å². The van der Waals surface area contributed by atoms with Crippen LogP contribution >= 0.6 is 0 Å². The predicted octanol–water partition coefficient (Wildman–Crippen LogP) is 2.82. The van der Waals surface area contributed by atoms with Crippen LogP contribution in [0, 0.1) is 11.8 Å². The molecule has 1 atom stereocenters. The molecule has 6 nitrogen and oxygen atoms in total. The SMILES string of the molecule is CC(C)C(=O)N1CCC(C(=O)NCC(c2ccco2)N2CCCCC2)CC1. The second kappa shape index (κ2) is 9.40. The zero-order valence-electron chi connectivity index (χ0n) is 16.7. The van der Waals surface area contributed by atoms with Crippen LogP contribution in [-0.2, 0) is 9.59 Å². The van der Waals surface area contributed by atoms with E-state index < -0.39 is 0 Å². The van der Waals surface area contributed by atoms with E-state index in [0.717, 1.165) is 31.7 Å². The fourth-order valence-corrected chi connectivity index (χ4v) is 4.19. The highest BCUT2D eigenvalue weighted by Gasteiger charge is 2.30. The number of piperidine rings is 2. The number of nitrogens with zero attached hydrogens (tertiary/aromatic N) is 2. The third-order valence-corrected chi connectivity index (χ3v) is 5.84. The standard InChI is InChI=1S/C21H33N3O3/c1-16(2)21(26)24-12-8-17(9-13-24)20(25)22-15-18(19-7-6-14-27-19)23-10-4-3-5-11-23/h6-7,14,16-18H,3-5,8-13,15H2,1-2H3,(H,22,25). The van der Waals surface area contributed by atoms with Crippen LogP contribution in [0.15, 0.2) is 22.8 Å². The lowest BCUT2D eigenvalue weighted by Crippen LogP contribution is -2.46. The lowest BCUT2D eigenvalue weighted by molar-refractivity contribution is -0.138. The van der Waals surface area contributed by atoms with E-state index in [2.05, 4.69) is 10.2 Å². The van der Waals surface area contributed by atoms with Gasteiger partial charge in [0, 0.05) is 31.5 Å². The number of nitrogens with one attached hydrogen (secondary N) is 1. The molecule has 0 radical (unpaired) electrons. The monoisotopic (exact) mass is 375 g/mol. The minimum absolute atomic E-state index is 0.000167. The molecular formula is C21H33N3O3. The number of furan rings is 1. The predicted molar refractivity (Wildman–Crippen MR) is 104 cm³/mol. The summed E-state index contributed by atoms with van der Waals surface area (Å²) in [6.07, 6.45) is 6.89. The lowest BCUT2D eigenvalue weighted by Gasteiger charge is -2.35. The maximum Gasteiger partial charge on any atom is 0.225 e. The Labute approximate surface area is 162 Å². The van der Waals surface area contributed by atoms with E-state index >= 15 is 0 Å². The van der Waals surface area contributed by atoms with Crippen LogP contribution in [0.1, 0.15) is 57.8 Å². The van der Waals surface area contributed by atoms with Crippen molar-refractivity contribution in [2.45, 2.75) is 52.0 Å².